The number of alkyl carbamates (subject to hydrolysis) is 1. The fourth-order valence-electron chi connectivity index (χ4n) is 3.08. The average molecular weight is 616 g/mol. The molecule has 14 nitrogen and oxygen atoms in total. The molecule has 0 heterocycles. The number of carbonyl (C=O) groups is 6. The lowest BCUT2D eigenvalue weighted by molar-refractivity contribution is -0.910. The van der Waals surface area contributed by atoms with Crippen LogP contribution in [0.3, 0.4) is 0 Å². The van der Waals surface area contributed by atoms with E-state index in [0.717, 1.165) is 0 Å². The van der Waals surface area contributed by atoms with Gasteiger partial charge < -0.3 is 38.2 Å². The Labute approximate surface area is 253 Å². The van der Waals surface area contributed by atoms with Crippen LogP contribution in [0, 0.1) is 0 Å². The van der Waals surface area contributed by atoms with Gasteiger partial charge in [0.25, 0.3) is 0 Å². The van der Waals surface area contributed by atoms with Crippen LogP contribution in [0.25, 0.3) is 0 Å². The highest BCUT2D eigenvalue weighted by Gasteiger charge is 2.24. The number of nitrogens with zero attached hydrogens (tertiary/aromatic N) is 1. The minimum absolute atomic E-state index is 0.00661. The van der Waals surface area contributed by atoms with Gasteiger partial charge in [0.05, 0.1) is 26.8 Å². The maximum absolute atomic E-state index is 12.1. The maximum atomic E-state index is 12.1. The van der Waals surface area contributed by atoms with Crippen molar-refractivity contribution < 1.29 is 61.7 Å². The summed E-state index contributed by atoms with van der Waals surface area (Å²) in [5, 5.41) is 2.47. The number of hydrogen-bond donors (Lipinski definition) is 1. The molecule has 0 fully saturated rings. The molecule has 0 radical (unpaired) electrons. The van der Waals surface area contributed by atoms with Crippen molar-refractivity contribution in [2.24, 2.45) is 0 Å². The van der Waals surface area contributed by atoms with Crippen molar-refractivity contribution in [3.63, 3.8) is 0 Å². The smallest absolute Gasteiger partial charge is 0.407 e. The molecule has 0 aromatic heterocycles. The van der Waals surface area contributed by atoms with Crippen LogP contribution < -0.4 is 5.32 Å². The number of carbonyl (C=O) groups excluding carboxylic acids is 6. The van der Waals surface area contributed by atoms with E-state index in [1.54, 1.807) is 6.92 Å². The van der Waals surface area contributed by atoms with E-state index in [0.29, 0.717) is 32.5 Å². The van der Waals surface area contributed by atoms with Gasteiger partial charge in [-0.25, -0.2) is 14.4 Å². The second-order valence-electron chi connectivity index (χ2n) is 9.91. The molecule has 1 unspecified atom stereocenters. The first kappa shape index (κ1) is 39.1. The van der Waals surface area contributed by atoms with E-state index < -0.39 is 30.0 Å². The van der Waals surface area contributed by atoms with E-state index in [2.05, 4.69) is 18.5 Å². The molecule has 1 amide bonds. The number of nitrogens with one attached hydrogen (secondary N) is 1. The van der Waals surface area contributed by atoms with E-state index >= 15 is 0 Å². The second-order valence-corrected chi connectivity index (χ2v) is 9.91. The highest BCUT2D eigenvalue weighted by Crippen LogP contribution is 2.06. The molecular formula is C29H47N2O12+. The van der Waals surface area contributed by atoms with Gasteiger partial charge in [0.1, 0.15) is 46.1 Å². The van der Waals surface area contributed by atoms with Gasteiger partial charge in [0, 0.05) is 30.4 Å². The lowest BCUT2D eigenvalue weighted by Crippen LogP contribution is -2.51. The van der Waals surface area contributed by atoms with Crippen LogP contribution in [0.15, 0.2) is 24.3 Å². The Balaban J connectivity index is 4.68. The molecular weight excluding hydrogens is 568 g/mol. The number of amides is 1. The van der Waals surface area contributed by atoms with E-state index in [9.17, 15) is 28.8 Å². The summed E-state index contributed by atoms with van der Waals surface area (Å²) in [5.41, 5.74) is 0.519. The van der Waals surface area contributed by atoms with Gasteiger partial charge in [-0.15, -0.1) is 0 Å². The topological polar surface area (TPSA) is 170 Å². The lowest BCUT2D eigenvalue weighted by Gasteiger charge is -2.33. The van der Waals surface area contributed by atoms with E-state index in [1.165, 1.54) is 13.8 Å². The molecule has 0 aromatic rings. The maximum Gasteiger partial charge on any atom is 0.407 e. The van der Waals surface area contributed by atoms with Crippen molar-refractivity contribution in [2.45, 2.75) is 52.9 Å². The summed E-state index contributed by atoms with van der Waals surface area (Å²) in [7, 11) is 1.83. The van der Waals surface area contributed by atoms with Gasteiger partial charge in [-0.2, -0.15) is 0 Å². The highest BCUT2D eigenvalue weighted by atomic mass is 16.6. The summed E-state index contributed by atoms with van der Waals surface area (Å²) in [6, 6.07) is 0. The molecule has 0 rings (SSSR count). The van der Waals surface area contributed by atoms with Gasteiger partial charge in [-0.1, -0.05) is 20.1 Å². The van der Waals surface area contributed by atoms with Gasteiger partial charge >= 0.3 is 35.9 Å². The van der Waals surface area contributed by atoms with Crippen molar-refractivity contribution in [2.75, 3.05) is 72.9 Å². The summed E-state index contributed by atoms with van der Waals surface area (Å²) in [4.78, 5) is 70.1. The van der Waals surface area contributed by atoms with Crippen molar-refractivity contribution in [3.8, 4) is 0 Å². The minimum atomic E-state index is -0.702. The van der Waals surface area contributed by atoms with Gasteiger partial charge in [-0.05, 0) is 26.7 Å². The molecule has 0 spiro atoms. The predicted molar refractivity (Wildman–Crippen MR) is 153 cm³/mol. The summed E-state index contributed by atoms with van der Waals surface area (Å²) in [6.45, 7) is 13.0. The van der Waals surface area contributed by atoms with Crippen LogP contribution in [0.4, 0.5) is 4.79 Å². The SMILES string of the molecule is C=C(C)C(=O)OCCCC(=O)OCC[N+](C)(CCOC(=O)CCCOC(=O)CC)CCOC(=O)NCCOC(=O)C(=C)C. The molecule has 0 aliphatic carbocycles. The molecule has 1 N–H and O–H groups in total. The Kier molecular flexibility index (Phi) is 20.6. The third-order valence-corrected chi connectivity index (χ3v) is 5.79. The fourth-order valence-corrected chi connectivity index (χ4v) is 3.08. The first-order valence-electron chi connectivity index (χ1n) is 14.2. The number of quaternary nitrogens is 1. The molecule has 0 bridgehead atoms. The molecule has 43 heavy (non-hydrogen) atoms. The summed E-state index contributed by atoms with van der Waals surface area (Å²) >= 11 is 0. The monoisotopic (exact) mass is 615 g/mol. The Morgan fingerprint density at radius 2 is 1.02 bits per heavy atom. The number of likely N-dealkylation sites (N-methyl/N-ethyl adjacent to an activating group) is 1. The van der Waals surface area contributed by atoms with E-state index in [4.69, 9.17) is 28.4 Å². The zero-order chi connectivity index (χ0) is 32.7. The molecule has 0 aliphatic heterocycles. The van der Waals surface area contributed by atoms with E-state index in [1.807, 2.05) is 7.05 Å². The summed E-state index contributed by atoms with van der Waals surface area (Å²) in [6.07, 6.45) is 0.347. The Hall–Kier alpha value is -3.94. The van der Waals surface area contributed by atoms with Crippen LogP contribution in [0.5, 0.6) is 0 Å². The highest BCUT2D eigenvalue weighted by molar-refractivity contribution is 5.87. The molecule has 0 aliphatic rings. The molecule has 1 atom stereocenters. The van der Waals surface area contributed by atoms with Crippen LogP contribution >= 0.6 is 0 Å². The number of hydrogen-bond acceptors (Lipinski definition) is 12. The molecule has 244 valence electrons. The third-order valence-electron chi connectivity index (χ3n) is 5.79. The van der Waals surface area contributed by atoms with Crippen molar-refractivity contribution in [3.05, 3.63) is 24.3 Å². The summed E-state index contributed by atoms with van der Waals surface area (Å²) in [5.74, 6) is -2.33. The van der Waals surface area contributed by atoms with Crippen molar-refractivity contribution in [1.82, 2.24) is 5.32 Å². The molecule has 0 aromatic carbocycles. The first-order valence-corrected chi connectivity index (χ1v) is 14.2. The van der Waals surface area contributed by atoms with Gasteiger partial charge in [-0.3, -0.25) is 14.4 Å². The van der Waals surface area contributed by atoms with Crippen LogP contribution in [-0.4, -0.2) is 113 Å². The standard InChI is InChI=1S/C29H46N2O12/c1-7-24(32)38-16-8-10-25(33)39-19-13-31(6,14-20-40-26(34)11-9-17-41-27(35)22(2)3)15-21-43-29(37)30-12-18-42-28(36)23(4)5/h2,4,7-21H2,1,3,5-6H3/p+1. The zero-order valence-corrected chi connectivity index (χ0v) is 25.9. The Morgan fingerprint density at radius 1 is 0.605 bits per heavy atom. The third kappa shape index (κ3) is 21.4. The summed E-state index contributed by atoms with van der Waals surface area (Å²) < 4.78 is 30.9. The largest absolute Gasteiger partial charge is 0.466 e. The zero-order valence-electron chi connectivity index (χ0n) is 25.9. The van der Waals surface area contributed by atoms with Crippen LogP contribution in [-0.2, 0) is 52.4 Å². The van der Waals surface area contributed by atoms with Crippen LogP contribution in [0.2, 0.25) is 0 Å². The molecule has 0 saturated heterocycles. The quantitative estimate of drug-likeness (QED) is 0.0584. The van der Waals surface area contributed by atoms with Crippen molar-refractivity contribution >= 4 is 35.9 Å². The number of esters is 5. The molecule has 0 saturated carbocycles. The van der Waals surface area contributed by atoms with Gasteiger partial charge in [0.15, 0.2) is 0 Å². The van der Waals surface area contributed by atoms with Gasteiger partial charge in [0.2, 0.25) is 0 Å². The minimum Gasteiger partial charge on any atom is -0.466 e. The fraction of sp³-hybridized carbons (Fsp3) is 0.655. The number of ether oxygens (including phenoxy) is 6. The second kappa shape index (κ2) is 22.6. The molecule has 14 heteroatoms. The Morgan fingerprint density at radius 3 is 1.49 bits per heavy atom. The Bertz CT molecular complexity index is 911. The van der Waals surface area contributed by atoms with Crippen LogP contribution in [0.1, 0.15) is 52.9 Å². The normalized spacial score (nSPS) is 11.7. The number of rotatable bonds is 23. The lowest BCUT2D eigenvalue weighted by atomic mass is 10.3. The predicted octanol–water partition coefficient (Wildman–Crippen LogP) is 2.00. The van der Waals surface area contributed by atoms with E-state index in [-0.39, 0.29) is 87.0 Å². The van der Waals surface area contributed by atoms with Crippen molar-refractivity contribution in [1.29, 1.82) is 0 Å². The average Bonchev–Trinajstić information content (AvgIpc) is 2.95. The first-order chi connectivity index (χ1) is 20.3.